The number of piperidine rings is 2. The first kappa shape index (κ1) is 17.8. The summed E-state index contributed by atoms with van der Waals surface area (Å²) in [6.45, 7) is 3.98. The molecule has 1 unspecified atom stereocenters. The van der Waals surface area contributed by atoms with Crippen LogP contribution in [0.4, 0.5) is 0 Å². The maximum atomic E-state index is 13.0. The van der Waals surface area contributed by atoms with Gasteiger partial charge in [-0.1, -0.05) is 6.42 Å². The molecule has 26 heavy (non-hydrogen) atoms. The fraction of sp³-hybridized carbons (Fsp3) is 0.682. The smallest absolute Gasteiger partial charge is 0.253 e. The van der Waals surface area contributed by atoms with Crippen LogP contribution in [-0.4, -0.2) is 43.1 Å². The second kappa shape index (κ2) is 7.99. The molecule has 0 radical (unpaired) electrons. The molecule has 1 aromatic carbocycles. The summed E-state index contributed by atoms with van der Waals surface area (Å²) >= 11 is 0. The largest absolute Gasteiger partial charge is 0.490 e. The summed E-state index contributed by atoms with van der Waals surface area (Å²) < 4.78 is 6.09. The zero-order chi connectivity index (χ0) is 17.8. The molecule has 4 nitrogen and oxygen atoms in total. The van der Waals surface area contributed by atoms with Gasteiger partial charge in [0.25, 0.3) is 5.91 Å². The van der Waals surface area contributed by atoms with Gasteiger partial charge in [-0.3, -0.25) is 4.79 Å². The van der Waals surface area contributed by atoms with Crippen LogP contribution in [0.1, 0.15) is 68.1 Å². The molecule has 1 aliphatic carbocycles. The van der Waals surface area contributed by atoms with Crippen molar-refractivity contribution in [3.8, 4) is 5.75 Å². The van der Waals surface area contributed by atoms with Crippen LogP contribution in [0, 0.1) is 5.41 Å². The first-order chi connectivity index (χ1) is 12.7. The summed E-state index contributed by atoms with van der Waals surface area (Å²) in [4.78, 5) is 15.1. The highest BCUT2D eigenvalue weighted by atomic mass is 16.5. The third-order valence-corrected chi connectivity index (χ3v) is 6.47. The molecule has 2 saturated heterocycles. The molecule has 1 amide bonds. The molecule has 142 valence electrons. The highest BCUT2D eigenvalue weighted by Gasteiger charge is 2.38. The Morgan fingerprint density at radius 2 is 1.81 bits per heavy atom. The average Bonchev–Trinajstić information content (AvgIpc) is 2.69. The van der Waals surface area contributed by atoms with Gasteiger partial charge >= 0.3 is 0 Å². The normalized spacial score (nSPS) is 27.5. The second-order valence-electron chi connectivity index (χ2n) is 8.51. The van der Waals surface area contributed by atoms with E-state index in [4.69, 9.17) is 4.74 Å². The molecule has 1 N–H and O–H groups in total. The number of benzene rings is 1. The van der Waals surface area contributed by atoms with Gasteiger partial charge < -0.3 is 15.0 Å². The lowest BCUT2D eigenvalue weighted by molar-refractivity contribution is 0.0434. The Morgan fingerprint density at radius 1 is 1.04 bits per heavy atom. The van der Waals surface area contributed by atoms with Gasteiger partial charge in [-0.25, -0.2) is 0 Å². The summed E-state index contributed by atoms with van der Waals surface area (Å²) in [7, 11) is 0. The van der Waals surface area contributed by atoms with Crippen molar-refractivity contribution in [1.29, 1.82) is 0 Å². The van der Waals surface area contributed by atoms with E-state index in [2.05, 4.69) is 10.2 Å². The van der Waals surface area contributed by atoms with Crippen LogP contribution in [0.15, 0.2) is 24.3 Å². The summed E-state index contributed by atoms with van der Waals surface area (Å²) in [6.07, 6.45) is 11.4. The Bertz CT molecular complexity index is 596. The van der Waals surface area contributed by atoms with E-state index in [-0.39, 0.29) is 5.91 Å². The van der Waals surface area contributed by atoms with Crippen molar-refractivity contribution in [2.75, 3.05) is 26.2 Å². The molecule has 1 spiro atoms. The minimum atomic E-state index is 0.180. The maximum absolute atomic E-state index is 13.0. The summed E-state index contributed by atoms with van der Waals surface area (Å²) in [5, 5.41) is 3.54. The molecular weight excluding hydrogens is 324 g/mol. The van der Waals surface area contributed by atoms with Gasteiger partial charge in [-0.15, -0.1) is 0 Å². The molecule has 0 bridgehead atoms. The van der Waals surface area contributed by atoms with Gasteiger partial charge in [0, 0.05) is 30.6 Å². The predicted molar refractivity (Wildman–Crippen MR) is 104 cm³/mol. The highest BCUT2D eigenvalue weighted by Crippen LogP contribution is 2.36. The van der Waals surface area contributed by atoms with Crippen LogP contribution < -0.4 is 10.1 Å². The van der Waals surface area contributed by atoms with Crippen molar-refractivity contribution in [3.63, 3.8) is 0 Å². The number of nitrogens with zero attached hydrogens (tertiary/aromatic N) is 1. The monoisotopic (exact) mass is 356 g/mol. The number of nitrogens with one attached hydrogen (secondary N) is 1. The predicted octanol–water partition coefficient (Wildman–Crippen LogP) is 4.00. The number of rotatable bonds is 3. The highest BCUT2D eigenvalue weighted by molar-refractivity contribution is 5.94. The number of hydrogen-bond acceptors (Lipinski definition) is 3. The molecule has 4 rings (SSSR count). The zero-order valence-electron chi connectivity index (χ0n) is 15.8. The van der Waals surface area contributed by atoms with Crippen LogP contribution >= 0.6 is 0 Å². The quantitative estimate of drug-likeness (QED) is 0.890. The third-order valence-electron chi connectivity index (χ3n) is 6.47. The SMILES string of the molecule is O=C(c1ccc(OC2CCCCC2)cc1)N1CCCC2(CCCNC2)C1. The second-order valence-corrected chi connectivity index (χ2v) is 8.51. The van der Waals surface area contributed by atoms with Crippen LogP contribution in [0.25, 0.3) is 0 Å². The molecule has 2 heterocycles. The summed E-state index contributed by atoms with van der Waals surface area (Å²) in [5.41, 5.74) is 1.10. The lowest BCUT2D eigenvalue weighted by Gasteiger charge is -2.45. The van der Waals surface area contributed by atoms with Crippen LogP contribution in [0.5, 0.6) is 5.75 Å². The molecule has 0 aromatic heterocycles. The number of ether oxygens (including phenoxy) is 1. The number of hydrogen-bond donors (Lipinski definition) is 1. The van der Waals surface area contributed by atoms with Gasteiger partial charge in [0.05, 0.1) is 6.10 Å². The Hall–Kier alpha value is -1.55. The maximum Gasteiger partial charge on any atom is 0.253 e. The van der Waals surface area contributed by atoms with Crippen LogP contribution in [-0.2, 0) is 0 Å². The van der Waals surface area contributed by atoms with Gasteiger partial charge in [0.1, 0.15) is 5.75 Å². The first-order valence-corrected chi connectivity index (χ1v) is 10.5. The fourth-order valence-electron chi connectivity index (χ4n) is 4.99. The molecule has 1 atom stereocenters. The third kappa shape index (κ3) is 4.06. The summed E-state index contributed by atoms with van der Waals surface area (Å²) in [6, 6.07) is 7.84. The van der Waals surface area contributed by atoms with E-state index >= 15 is 0 Å². The molecule has 4 heteroatoms. The van der Waals surface area contributed by atoms with Gasteiger partial charge in [-0.05, 0) is 82.2 Å². The molecular formula is C22H32N2O2. The Kier molecular flexibility index (Phi) is 5.49. The Balaban J connectivity index is 1.38. The van der Waals surface area contributed by atoms with Gasteiger partial charge in [-0.2, -0.15) is 0 Å². The summed E-state index contributed by atoms with van der Waals surface area (Å²) in [5.74, 6) is 1.08. The van der Waals surface area contributed by atoms with E-state index < -0.39 is 0 Å². The minimum absolute atomic E-state index is 0.180. The van der Waals surface area contributed by atoms with E-state index in [0.717, 1.165) is 56.8 Å². The van der Waals surface area contributed by atoms with E-state index in [1.807, 2.05) is 24.3 Å². The number of carbonyl (C=O) groups excluding carboxylic acids is 1. The average molecular weight is 357 g/mol. The Labute approximate surface area is 157 Å². The lowest BCUT2D eigenvalue weighted by atomic mass is 9.74. The zero-order valence-corrected chi connectivity index (χ0v) is 15.8. The molecule has 3 fully saturated rings. The number of carbonyl (C=O) groups is 1. The van der Waals surface area contributed by atoms with Crippen molar-refractivity contribution in [3.05, 3.63) is 29.8 Å². The topological polar surface area (TPSA) is 41.6 Å². The van der Waals surface area contributed by atoms with Gasteiger partial charge in [0.15, 0.2) is 0 Å². The molecule has 2 aliphatic heterocycles. The molecule has 1 aromatic rings. The Morgan fingerprint density at radius 3 is 2.54 bits per heavy atom. The van der Waals surface area contributed by atoms with Crippen molar-refractivity contribution in [2.45, 2.75) is 63.9 Å². The molecule has 1 saturated carbocycles. The number of amides is 1. The standard InChI is InChI=1S/C22H32N2O2/c25-21(24-15-5-13-22(17-24)12-4-14-23-16-22)18-8-10-20(11-9-18)26-19-6-2-1-3-7-19/h8-11,19,23H,1-7,12-17H2. The van der Waals surface area contributed by atoms with E-state index in [0.29, 0.717) is 11.5 Å². The van der Waals surface area contributed by atoms with Crippen molar-refractivity contribution < 1.29 is 9.53 Å². The van der Waals surface area contributed by atoms with Gasteiger partial charge in [0.2, 0.25) is 0 Å². The molecule has 3 aliphatic rings. The number of likely N-dealkylation sites (tertiary alicyclic amines) is 1. The van der Waals surface area contributed by atoms with Crippen LogP contribution in [0.3, 0.4) is 0 Å². The van der Waals surface area contributed by atoms with E-state index in [1.165, 1.54) is 38.5 Å². The van der Waals surface area contributed by atoms with E-state index in [1.54, 1.807) is 0 Å². The van der Waals surface area contributed by atoms with Crippen molar-refractivity contribution >= 4 is 5.91 Å². The van der Waals surface area contributed by atoms with Crippen LogP contribution in [0.2, 0.25) is 0 Å². The minimum Gasteiger partial charge on any atom is -0.490 e. The van der Waals surface area contributed by atoms with Crippen molar-refractivity contribution in [1.82, 2.24) is 10.2 Å². The van der Waals surface area contributed by atoms with E-state index in [9.17, 15) is 4.79 Å². The first-order valence-electron chi connectivity index (χ1n) is 10.5. The van der Waals surface area contributed by atoms with Crippen molar-refractivity contribution in [2.24, 2.45) is 5.41 Å². The lowest BCUT2D eigenvalue weighted by Crippen LogP contribution is -2.52. The fourth-order valence-corrected chi connectivity index (χ4v) is 4.99.